The van der Waals surface area contributed by atoms with Gasteiger partial charge in [0.15, 0.2) is 5.82 Å². The monoisotopic (exact) mass is 259 g/mol. The van der Waals surface area contributed by atoms with E-state index in [2.05, 4.69) is 41.3 Å². The fraction of sp³-hybridized carbons (Fsp3) is 0.357. The van der Waals surface area contributed by atoms with Gasteiger partial charge in [0.25, 0.3) is 0 Å². The fourth-order valence-electron chi connectivity index (χ4n) is 1.84. The van der Waals surface area contributed by atoms with Crippen LogP contribution in [0, 0.1) is 6.92 Å². The van der Waals surface area contributed by atoms with Gasteiger partial charge in [0.1, 0.15) is 5.82 Å². The van der Waals surface area contributed by atoms with Crippen LogP contribution in [0.2, 0.25) is 0 Å². The van der Waals surface area contributed by atoms with Gasteiger partial charge in [-0.15, -0.1) is 0 Å². The second kappa shape index (κ2) is 5.65. The maximum atomic E-state index is 10.5. The van der Waals surface area contributed by atoms with Gasteiger partial charge in [-0.1, -0.05) is 29.8 Å². The predicted molar refractivity (Wildman–Crippen MR) is 70.9 cm³/mol. The summed E-state index contributed by atoms with van der Waals surface area (Å²) in [5.74, 6) is 0.615. The molecule has 19 heavy (non-hydrogen) atoms. The Labute approximate surface area is 111 Å². The van der Waals surface area contributed by atoms with Crippen LogP contribution >= 0.6 is 0 Å². The lowest BCUT2D eigenvalue weighted by Crippen LogP contribution is -2.00. The topological polar surface area (TPSA) is 68.0 Å². The number of carboxylic acids is 1. The van der Waals surface area contributed by atoms with Gasteiger partial charge in [0, 0.05) is 19.9 Å². The normalized spacial score (nSPS) is 10.6. The second-order valence-corrected chi connectivity index (χ2v) is 4.62. The van der Waals surface area contributed by atoms with Gasteiger partial charge < -0.3 is 5.11 Å². The largest absolute Gasteiger partial charge is 0.481 e. The summed E-state index contributed by atoms with van der Waals surface area (Å²) < 4.78 is 1.72. The molecule has 0 amide bonds. The van der Waals surface area contributed by atoms with Gasteiger partial charge in [-0.25, -0.2) is 4.98 Å². The minimum absolute atomic E-state index is 0.0635. The standard InChI is InChI=1S/C14H17N3O2/c1-10-3-5-11(6-4-10)9-13-15-12(16-17(13)2)7-8-14(18)19/h3-6H,7-9H2,1-2H3,(H,18,19). The van der Waals surface area contributed by atoms with Crippen LogP contribution in [0.5, 0.6) is 0 Å². The first-order valence-electron chi connectivity index (χ1n) is 6.20. The van der Waals surface area contributed by atoms with Crippen molar-refractivity contribution in [3.05, 3.63) is 47.0 Å². The molecule has 2 aromatic rings. The van der Waals surface area contributed by atoms with E-state index in [4.69, 9.17) is 5.11 Å². The third-order valence-corrected chi connectivity index (χ3v) is 2.94. The lowest BCUT2D eigenvalue weighted by molar-refractivity contribution is -0.137. The van der Waals surface area contributed by atoms with E-state index in [1.165, 1.54) is 11.1 Å². The lowest BCUT2D eigenvalue weighted by atomic mass is 10.1. The highest BCUT2D eigenvalue weighted by molar-refractivity contribution is 5.66. The molecule has 5 nitrogen and oxygen atoms in total. The summed E-state index contributed by atoms with van der Waals surface area (Å²) in [6.45, 7) is 2.05. The van der Waals surface area contributed by atoms with Crippen molar-refractivity contribution in [1.82, 2.24) is 14.8 Å². The summed E-state index contributed by atoms with van der Waals surface area (Å²) >= 11 is 0. The van der Waals surface area contributed by atoms with E-state index >= 15 is 0 Å². The predicted octanol–water partition coefficient (Wildman–Crippen LogP) is 1.73. The molecule has 0 spiro atoms. The first kappa shape index (κ1) is 13.3. The van der Waals surface area contributed by atoms with Crippen LogP contribution in [-0.2, 0) is 24.7 Å². The van der Waals surface area contributed by atoms with Gasteiger partial charge >= 0.3 is 5.97 Å². The molecule has 0 saturated carbocycles. The summed E-state index contributed by atoms with van der Waals surface area (Å²) in [6, 6.07) is 8.27. The third kappa shape index (κ3) is 3.64. The molecule has 0 aliphatic heterocycles. The number of nitrogens with zero attached hydrogens (tertiary/aromatic N) is 3. The summed E-state index contributed by atoms with van der Waals surface area (Å²) in [4.78, 5) is 14.9. The van der Waals surface area contributed by atoms with Crippen LogP contribution < -0.4 is 0 Å². The molecule has 0 atom stereocenters. The second-order valence-electron chi connectivity index (χ2n) is 4.62. The molecule has 0 aliphatic carbocycles. The van der Waals surface area contributed by atoms with Gasteiger partial charge in [-0.05, 0) is 12.5 Å². The quantitative estimate of drug-likeness (QED) is 0.888. The summed E-state index contributed by atoms with van der Waals surface area (Å²) in [7, 11) is 1.83. The Morgan fingerprint density at radius 2 is 2.00 bits per heavy atom. The SMILES string of the molecule is Cc1ccc(Cc2nc(CCC(=O)O)nn2C)cc1. The molecule has 0 bridgehead atoms. The van der Waals surface area contributed by atoms with E-state index in [0.29, 0.717) is 18.7 Å². The molecule has 0 unspecified atom stereocenters. The van der Waals surface area contributed by atoms with Crippen LogP contribution in [0.25, 0.3) is 0 Å². The Morgan fingerprint density at radius 1 is 1.32 bits per heavy atom. The van der Waals surface area contributed by atoms with Crippen LogP contribution in [0.15, 0.2) is 24.3 Å². The van der Waals surface area contributed by atoms with Gasteiger partial charge in [0.05, 0.1) is 6.42 Å². The van der Waals surface area contributed by atoms with Gasteiger partial charge in [-0.3, -0.25) is 9.48 Å². The molecule has 100 valence electrons. The van der Waals surface area contributed by atoms with Crippen LogP contribution in [-0.4, -0.2) is 25.8 Å². The highest BCUT2D eigenvalue weighted by Crippen LogP contribution is 2.09. The maximum Gasteiger partial charge on any atom is 0.303 e. The first-order valence-corrected chi connectivity index (χ1v) is 6.20. The first-order chi connectivity index (χ1) is 9.04. The minimum atomic E-state index is -0.826. The molecule has 2 rings (SSSR count). The highest BCUT2D eigenvalue weighted by Gasteiger charge is 2.09. The molecular weight excluding hydrogens is 242 g/mol. The molecule has 0 saturated heterocycles. The Morgan fingerprint density at radius 3 is 2.63 bits per heavy atom. The lowest BCUT2D eigenvalue weighted by Gasteiger charge is -2.01. The molecule has 0 fully saturated rings. The van der Waals surface area contributed by atoms with Crippen LogP contribution in [0.4, 0.5) is 0 Å². The number of carboxylic acid groups (broad SMARTS) is 1. The number of benzene rings is 1. The van der Waals surface area contributed by atoms with Crippen molar-refractivity contribution < 1.29 is 9.90 Å². The molecule has 1 N–H and O–H groups in total. The van der Waals surface area contributed by atoms with E-state index in [-0.39, 0.29) is 6.42 Å². The number of carbonyl (C=O) groups is 1. The Hall–Kier alpha value is -2.17. The number of aliphatic carboxylic acids is 1. The Bertz CT molecular complexity index is 573. The van der Waals surface area contributed by atoms with Crippen molar-refractivity contribution in [1.29, 1.82) is 0 Å². The molecule has 5 heteroatoms. The van der Waals surface area contributed by atoms with Gasteiger partial charge in [-0.2, -0.15) is 5.10 Å². The molecule has 0 aliphatic rings. The zero-order valence-electron chi connectivity index (χ0n) is 11.1. The van der Waals surface area contributed by atoms with E-state index in [0.717, 1.165) is 5.82 Å². The number of hydrogen-bond acceptors (Lipinski definition) is 3. The molecular formula is C14H17N3O2. The van der Waals surface area contributed by atoms with E-state index in [1.807, 2.05) is 7.05 Å². The highest BCUT2D eigenvalue weighted by atomic mass is 16.4. The van der Waals surface area contributed by atoms with Crippen LogP contribution in [0.3, 0.4) is 0 Å². The van der Waals surface area contributed by atoms with E-state index in [9.17, 15) is 4.79 Å². The van der Waals surface area contributed by atoms with Crippen molar-refractivity contribution in [2.75, 3.05) is 0 Å². The minimum Gasteiger partial charge on any atom is -0.481 e. The van der Waals surface area contributed by atoms with Crippen molar-refractivity contribution >= 4 is 5.97 Å². The summed E-state index contributed by atoms with van der Waals surface area (Å²) in [5, 5.41) is 12.9. The number of hydrogen-bond donors (Lipinski definition) is 1. The Kier molecular flexibility index (Phi) is 3.94. The molecule has 1 heterocycles. The molecule has 0 radical (unpaired) electrons. The average Bonchev–Trinajstić information content (AvgIpc) is 2.71. The van der Waals surface area contributed by atoms with Crippen molar-refractivity contribution in [2.45, 2.75) is 26.2 Å². The summed E-state index contributed by atoms with van der Waals surface area (Å²) in [5.41, 5.74) is 2.40. The number of aryl methyl sites for hydroxylation is 3. The molecule has 1 aromatic carbocycles. The van der Waals surface area contributed by atoms with Gasteiger partial charge in [0.2, 0.25) is 0 Å². The summed E-state index contributed by atoms with van der Waals surface area (Å²) in [6.07, 6.45) is 1.14. The van der Waals surface area contributed by atoms with Crippen LogP contribution in [0.1, 0.15) is 29.2 Å². The molecule has 1 aromatic heterocycles. The van der Waals surface area contributed by atoms with Crippen molar-refractivity contribution in [3.8, 4) is 0 Å². The number of aromatic nitrogens is 3. The average molecular weight is 259 g/mol. The Balaban J connectivity index is 2.08. The van der Waals surface area contributed by atoms with E-state index in [1.54, 1.807) is 4.68 Å². The third-order valence-electron chi connectivity index (χ3n) is 2.94. The number of rotatable bonds is 5. The zero-order valence-corrected chi connectivity index (χ0v) is 11.1. The van der Waals surface area contributed by atoms with Crippen molar-refractivity contribution in [3.63, 3.8) is 0 Å². The fourth-order valence-corrected chi connectivity index (χ4v) is 1.84. The smallest absolute Gasteiger partial charge is 0.303 e. The maximum absolute atomic E-state index is 10.5. The zero-order chi connectivity index (χ0) is 13.8. The van der Waals surface area contributed by atoms with E-state index < -0.39 is 5.97 Å². The van der Waals surface area contributed by atoms with Crippen molar-refractivity contribution in [2.24, 2.45) is 7.05 Å².